The van der Waals surface area contributed by atoms with Crippen LogP contribution in [-0.4, -0.2) is 46.9 Å². The average molecular weight is 401 g/mol. The van der Waals surface area contributed by atoms with Gasteiger partial charge in [0.25, 0.3) is 0 Å². The minimum absolute atomic E-state index is 0.279. The van der Waals surface area contributed by atoms with Gasteiger partial charge in [0.2, 0.25) is 5.95 Å². The maximum atomic E-state index is 13.3. The Balaban J connectivity index is 1.80. The van der Waals surface area contributed by atoms with Crippen molar-refractivity contribution < 1.29 is 9.53 Å². The lowest BCUT2D eigenvalue weighted by atomic mass is 9.95. The lowest BCUT2D eigenvalue weighted by Gasteiger charge is -2.28. The van der Waals surface area contributed by atoms with Gasteiger partial charge in [-0.05, 0) is 43.2 Å². The Morgan fingerprint density at radius 3 is 2.47 bits per heavy atom. The van der Waals surface area contributed by atoms with Crippen molar-refractivity contribution in [3.05, 3.63) is 71.0 Å². The molecular weight excluding hydrogens is 378 g/mol. The standard InChI is InChI=1S/C23H23N5O2/c1-16-8-9-18(14-17(16)2)21(29)20(15-24)22-25-26-23(27-10-12-30-13-11-27)28(22)19-6-4-3-5-7-19/h3-9,14,20H,10-13H2,1-2H3/t20-/m1/s1. The summed E-state index contributed by atoms with van der Waals surface area (Å²) < 4.78 is 7.27. The Morgan fingerprint density at radius 1 is 1.07 bits per heavy atom. The van der Waals surface area contributed by atoms with Crippen molar-refractivity contribution in [1.82, 2.24) is 14.8 Å². The van der Waals surface area contributed by atoms with E-state index in [-0.39, 0.29) is 5.78 Å². The first-order valence-electron chi connectivity index (χ1n) is 9.94. The molecule has 7 nitrogen and oxygen atoms in total. The normalized spacial score (nSPS) is 14.9. The van der Waals surface area contributed by atoms with E-state index in [1.807, 2.05) is 60.9 Å². The van der Waals surface area contributed by atoms with Gasteiger partial charge in [-0.25, -0.2) is 0 Å². The summed E-state index contributed by atoms with van der Waals surface area (Å²) in [5, 5.41) is 18.6. The van der Waals surface area contributed by atoms with E-state index >= 15 is 0 Å². The highest BCUT2D eigenvalue weighted by molar-refractivity contribution is 6.02. The molecule has 1 fully saturated rings. The van der Waals surface area contributed by atoms with Crippen molar-refractivity contribution >= 4 is 11.7 Å². The molecule has 1 atom stereocenters. The number of benzene rings is 2. The largest absolute Gasteiger partial charge is 0.378 e. The van der Waals surface area contributed by atoms with Crippen molar-refractivity contribution in [1.29, 1.82) is 5.26 Å². The zero-order valence-electron chi connectivity index (χ0n) is 17.1. The average Bonchev–Trinajstić information content (AvgIpc) is 3.22. The van der Waals surface area contributed by atoms with Crippen molar-refractivity contribution in [2.24, 2.45) is 0 Å². The van der Waals surface area contributed by atoms with Crippen LogP contribution in [0.3, 0.4) is 0 Å². The molecular formula is C23H23N5O2. The lowest BCUT2D eigenvalue weighted by molar-refractivity contribution is 0.0975. The molecule has 0 saturated carbocycles. The van der Waals surface area contributed by atoms with Crippen LogP contribution in [0.2, 0.25) is 0 Å². The number of hydrogen-bond acceptors (Lipinski definition) is 6. The zero-order chi connectivity index (χ0) is 21.1. The summed E-state index contributed by atoms with van der Waals surface area (Å²) in [6.45, 7) is 6.49. The number of hydrogen-bond donors (Lipinski definition) is 0. The van der Waals surface area contributed by atoms with Gasteiger partial charge in [0.1, 0.15) is 0 Å². The Hall–Kier alpha value is -3.50. The molecule has 2 aromatic carbocycles. The van der Waals surface area contributed by atoms with E-state index in [9.17, 15) is 10.1 Å². The number of nitrogens with zero attached hydrogens (tertiary/aromatic N) is 5. The maximum Gasteiger partial charge on any atom is 0.232 e. The van der Waals surface area contributed by atoms with Gasteiger partial charge in [-0.1, -0.05) is 30.3 Å². The van der Waals surface area contributed by atoms with Crippen LogP contribution in [-0.2, 0) is 4.74 Å². The number of para-hydroxylation sites is 1. The Morgan fingerprint density at radius 2 is 1.80 bits per heavy atom. The minimum atomic E-state index is -1.06. The van der Waals surface area contributed by atoms with Crippen LogP contribution in [0.25, 0.3) is 5.69 Å². The molecule has 0 N–H and O–H groups in total. The summed E-state index contributed by atoms with van der Waals surface area (Å²) in [7, 11) is 0. The summed E-state index contributed by atoms with van der Waals surface area (Å²) in [5.74, 6) is -0.394. The molecule has 7 heteroatoms. The van der Waals surface area contributed by atoms with E-state index in [4.69, 9.17) is 4.74 Å². The lowest BCUT2D eigenvalue weighted by Crippen LogP contribution is -2.38. The second kappa shape index (κ2) is 8.47. The number of carbonyl (C=O) groups is 1. The van der Waals surface area contributed by atoms with Crippen molar-refractivity contribution in [2.75, 3.05) is 31.2 Å². The van der Waals surface area contributed by atoms with Gasteiger partial charge < -0.3 is 9.64 Å². The first-order valence-corrected chi connectivity index (χ1v) is 9.94. The molecule has 1 aromatic heterocycles. The second-order valence-corrected chi connectivity index (χ2v) is 7.35. The number of morpholine rings is 1. The van der Waals surface area contributed by atoms with Gasteiger partial charge in [0.05, 0.1) is 25.0 Å². The van der Waals surface area contributed by atoms with Crippen LogP contribution in [0.1, 0.15) is 33.2 Å². The third kappa shape index (κ3) is 3.70. The number of ketones is 1. The number of Topliss-reactive ketones (excluding diaryl/α,β-unsaturated/α-hetero) is 1. The predicted octanol–water partition coefficient (Wildman–Crippen LogP) is 3.21. The molecule has 0 unspecified atom stereocenters. The molecule has 0 aliphatic carbocycles. The first-order chi connectivity index (χ1) is 14.6. The number of nitriles is 1. The first kappa shape index (κ1) is 19.8. The highest BCUT2D eigenvalue weighted by atomic mass is 16.5. The fourth-order valence-corrected chi connectivity index (χ4v) is 3.56. The van der Waals surface area contributed by atoms with Crippen LogP contribution < -0.4 is 4.90 Å². The van der Waals surface area contributed by atoms with Gasteiger partial charge in [0, 0.05) is 18.7 Å². The summed E-state index contributed by atoms with van der Waals surface area (Å²) in [6, 6.07) is 17.2. The Labute approximate surface area is 175 Å². The van der Waals surface area contributed by atoms with Crippen LogP contribution in [0.15, 0.2) is 48.5 Å². The third-order valence-corrected chi connectivity index (χ3v) is 5.42. The highest BCUT2D eigenvalue weighted by Gasteiger charge is 2.31. The maximum absolute atomic E-state index is 13.3. The number of carbonyl (C=O) groups excluding carboxylic acids is 1. The van der Waals surface area contributed by atoms with E-state index in [1.54, 1.807) is 6.07 Å². The molecule has 0 spiro atoms. The fraction of sp³-hybridized carbons (Fsp3) is 0.304. The van der Waals surface area contributed by atoms with E-state index in [1.165, 1.54) is 0 Å². The molecule has 152 valence electrons. The molecule has 1 saturated heterocycles. The van der Waals surface area contributed by atoms with Gasteiger partial charge in [0.15, 0.2) is 17.5 Å². The number of ether oxygens (including phenoxy) is 1. The zero-order valence-corrected chi connectivity index (χ0v) is 17.1. The highest BCUT2D eigenvalue weighted by Crippen LogP contribution is 2.28. The molecule has 0 radical (unpaired) electrons. The minimum Gasteiger partial charge on any atom is -0.378 e. The van der Waals surface area contributed by atoms with Crippen LogP contribution >= 0.6 is 0 Å². The van der Waals surface area contributed by atoms with E-state index in [2.05, 4.69) is 21.2 Å². The monoisotopic (exact) mass is 401 g/mol. The van der Waals surface area contributed by atoms with Crippen molar-refractivity contribution in [3.8, 4) is 11.8 Å². The third-order valence-electron chi connectivity index (χ3n) is 5.42. The number of rotatable bonds is 5. The Kier molecular flexibility index (Phi) is 5.59. The van der Waals surface area contributed by atoms with E-state index < -0.39 is 5.92 Å². The smallest absolute Gasteiger partial charge is 0.232 e. The van der Waals surface area contributed by atoms with Crippen LogP contribution in [0.4, 0.5) is 5.95 Å². The number of aromatic nitrogens is 3. The molecule has 30 heavy (non-hydrogen) atoms. The Bertz CT molecular complexity index is 1090. The second-order valence-electron chi connectivity index (χ2n) is 7.35. The van der Waals surface area contributed by atoms with E-state index in [0.717, 1.165) is 16.8 Å². The summed E-state index contributed by atoms with van der Waals surface area (Å²) in [5.41, 5.74) is 3.42. The van der Waals surface area contributed by atoms with Gasteiger partial charge in [-0.3, -0.25) is 9.36 Å². The quantitative estimate of drug-likeness (QED) is 0.611. The van der Waals surface area contributed by atoms with Crippen LogP contribution in [0.5, 0.6) is 0 Å². The summed E-state index contributed by atoms with van der Waals surface area (Å²) in [4.78, 5) is 15.3. The molecule has 1 aliphatic heterocycles. The number of aryl methyl sites for hydroxylation is 2. The van der Waals surface area contributed by atoms with Gasteiger partial charge in [-0.2, -0.15) is 5.26 Å². The molecule has 0 bridgehead atoms. The number of anilines is 1. The van der Waals surface area contributed by atoms with Crippen molar-refractivity contribution in [3.63, 3.8) is 0 Å². The predicted molar refractivity (Wildman–Crippen MR) is 113 cm³/mol. The SMILES string of the molecule is Cc1ccc(C(=O)[C@@H](C#N)c2nnc(N3CCOCC3)n2-c2ccccc2)cc1C. The summed E-state index contributed by atoms with van der Waals surface area (Å²) in [6.07, 6.45) is 0. The molecule has 4 rings (SSSR count). The van der Waals surface area contributed by atoms with E-state index in [0.29, 0.717) is 43.6 Å². The summed E-state index contributed by atoms with van der Waals surface area (Å²) >= 11 is 0. The molecule has 2 heterocycles. The topological polar surface area (TPSA) is 84.0 Å². The van der Waals surface area contributed by atoms with Gasteiger partial charge in [-0.15, -0.1) is 10.2 Å². The molecule has 3 aromatic rings. The van der Waals surface area contributed by atoms with Crippen LogP contribution in [0, 0.1) is 25.2 Å². The van der Waals surface area contributed by atoms with Crippen molar-refractivity contribution in [2.45, 2.75) is 19.8 Å². The molecule has 0 amide bonds. The molecule has 1 aliphatic rings. The van der Waals surface area contributed by atoms with Gasteiger partial charge >= 0.3 is 0 Å². The fourth-order valence-electron chi connectivity index (χ4n) is 3.56.